The van der Waals surface area contributed by atoms with Crippen molar-refractivity contribution in [1.29, 1.82) is 0 Å². The molecular weight excluding hydrogens is 214 g/mol. The smallest absolute Gasteiger partial charge is 0.245 e. The number of aromatic amines is 1. The van der Waals surface area contributed by atoms with Gasteiger partial charge in [-0.25, -0.2) is 5.10 Å². The van der Waals surface area contributed by atoms with Crippen molar-refractivity contribution < 1.29 is 0 Å². The van der Waals surface area contributed by atoms with Gasteiger partial charge in [0.25, 0.3) is 0 Å². The zero-order valence-corrected chi connectivity index (χ0v) is 10.6. The number of allylic oxidation sites excluding steroid dienone is 3. The van der Waals surface area contributed by atoms with Crippen LogP contribution in [-0.4, -0.2) is 42.9 Å². The van der Waals surface area contributed by atoms with Gasteiger partial charge in [-0.15, -0.1) is 5.10 Å². The summed E-state index contributed by atoms with van der Waals surface area (Å²) in [4.78, 5) is 8.38. The number of anilines is 2. The highest BCUT2D eigenvalue weighted by atomic mass is 15.4. The fourth-order valence-corrected chi connectivity index (χ4v) is 1.71. The molecule has 5 nitrogen and oxygen atoms in total. The molecule has 0 saturated carbocycles. The fraction of sp³-hybridized carbons (Fsp3) is 0.500. The molecule has 0 saturated heterocycles. The average Bonchev–Trinajstić information content (AvgIpc) is 2.96. The highest BCUT2D eigenvalue weighted by molar-refractivity contribution is 5.37. The molecule has 2 rings (SSSR count). The van der Waals surface area contributed by atoms with Gasteiger partial charge in [0, 0.05) is 27.7 Å². The minimum atomic E-state index is 0.715. The summed E-state index contributed by atoms with van der Waals surface area (Å²) < 4.78 is 0. The van der Waals surface area contributed by atoms with E-state index in [1.807, 2.05) is 26.0 Å². The Balaban J connectivity index is 1.90. The van der Waals surface area contributed by atoms with Gasteiger partial charge in [0.2, 0.25) is 11.9 Å². The maximum atomic E-state index is 4.40. The van der Waals surface area contributed by atoms with E-state index in [0.29, 0.717) is 5.95 Å². The Labute approximate surface area is 102 Å². The molecule has 0 bridgehead atoms. The molecule has 0 unspecified atom stereocenters. The Morgan fingerprint density at radius 3 is 2.76 bits per heavy atom. The molecule has 0 amide bonds. The maximum absolute atomic E-state index is 4.40. The zero-order valence-electron chi connectivity index (χ0n) is 10.6. The number of rotatable bonds is 5. The highest BCUT2D eigenvalue weighted by Gasteiger charge is 2.09. The van der Waals surface area contributed by atoms with Crippen molar-refractivity contribution in [2.75, 3.05) is 37.5 Å². The third kappa shape index (κ3) is 2.87. The summed E-state index contributed by atoms with van der Waals surface area (Å²) in [6, 6.07) is 0. The van der Waals surface area contributed by atoms with Crippen molar-refractivity contribution in [3.8, 4) is 0 Å². The van der Waals surface area contributed by atoms with Gasteiger partial charge in [0.05, 0.1) is 0 Å². The third-order valence-electron chi connectivity index (χ3n) is 2.81. The molecule has 1 aliphatic carbocycles. The third-order valence-corrected chi connectivity index (χ3v) is 2.81. The summed E-state index contributed by atoms with van der Waals surface area (Å²) in [5.41, 5.74) is 1.41. The van der Waals surface area contributed by atoms with Gasteiger partial charge in [-0.1, -0.05) is 23.8 Å². The molecule has 1 heterocycles. The Hall–Kier alpha value is -1.78. The Bertz CT molecular complexity index is 430. The number of H-pyrrole nitrogens is 1. The van der Waals surface area contributed by atoms with E-state index in [2.05, 4.69) is 38.3 Å². The quantitative estimate of drug-likeness (QED) is 0.839. The lowest BCUT2D eigenvalue weighted by Crippen LogP contribution is -2.20. The van der Waals surface area contributed by atoms with Crippen LogP contribution in [0.3, 0.4) is 0 Å². The second kappa shape index (κ2) is 5.03. The molecule has 5 heteroatoms. The predicted octanol–water partition coefficient (Wildman–Crippen LogP) is 1.58. The number of hydrogen-bond acceptors (Lipinski definition) is 4. The fourth-order valence-electron chi connectivity index (χ4n) is 1.71. The molecule has 17 heavy (non-hydrogen) atoms. The Morgan fingerprint density at radius 1 is 1.35 bits per heavy atom. The van der Waals surface area contributed by atoms with Crippen LogP contribution in [0.5, 0.6) is 0 Å². The second-order valence-electron chi connectivity index (χ2n) is 4.44. The van der Waals surface area contributed by atoms with E-state index in [0.717, 1.165) is 25.3 Å². The van der Waals surface area contributed by atoms with Crippen molar-refractivity contribution in [3.63, 3.8) is 0 Å². The molecule has 92 valence electrons. The summed E-state index contributed by atoms with van der Waals surface area (Å²) in [7, 11) is 5.89. The SMILES string of the molecule is CN(C)c1n[nH]c(N(C)CCC2=CCC=C2)n1. The van der Waals surface area contributed by atoms with Gasteiger partial charge in [0.1, 0.15) is 0 Å². The molecule has 1 N–H and O–H groups in total. The van der Waals surface area contributed by atoms with Crippen molar-refractivity contribution >= 4 is 11.9 Å². The summed E-state index contributed by atoms with van der Waals surface area (Å²) in [5, 5.41) is 7.08. The monoisotopic (exact) mass is 233 g/mol. The Morgan fingerprint density at radius 2 is 2.18 bits per heavy atom. The topological polar surface area (TPSA) is 48.1 Å². The van der Waals surface area contributed by atoms with E-state index in [9.17, 15) is 0 Å². The van der Waals surface area contributed by atoms with E-state index in [-0.39, 0.29) is 0 Å². The van der Waals surface area contributed by atoms with Crippen molar-refractivity contribution in [3.05, 3.63) is 23.8 Å². The maximum Gasteiger partial charge on any atom is 0.245 e. The Kier molecular flexibility index (Phi) is 3.46. The lowest BCUT2D eigenvalue weighted by atomic mass is 10.2. The van der Waals surface area contributed by atoms with Crippen LogP contribution in [0.4, 0.5) is 11.9 Å². The first kappa shape index (κ1) is 11.7. The summed E-state index contributed by atoms with van der Waals surface area (Å²) in [6.07, 6.45) is 8.77. The molecule has 0 aromatic carbocycles. The van der Waals surface area contributed by atoms with Gasteiger partial charge < -0.3 is 9.80 Å². The first-order valence-electron chi connectivity index (χ1n) is 5.83. The highest BCUT2D eigenvalue weighted by Crippen LogP contribution is 2.15. The molecule has 1 aromatic rings. The van der Waals surface area contributed by atoms with Gasteiger partial charge in [0.15, 0.2) is 0 Å². The predicted molar refractivity (Wildman–Crippen MR) is 70.4 cm³/mol. The molecular formula is C12H19N5. The first-order valence-corrected chi connectivity index (χ1v) is 5.83. The van der Waals surface area contributed by atoms with Crippen LogP contribution in [0.1, 0.15) is 12.8 Å². The lowest BCUT2D eigenvalue weighted by Gasteiger charge is -2.15. The average molecular weight is 233 g/mol. The van der Waals surface area contributed by atoms with E-state index in [1.165, 1.54) is 5.57 Å². The molecule has 1 aliphatic rings. The van der Waals surface area contributed by atoms with Crippen LogP contribution in [0.2, 0.25) is 0 Å². The molecule has 1 aromatic heterocycles. The summed E-state index contributed by atoms with van der Waals surface area (Å²) in [6.45, 7) is 0.943. The van der Waals surface area contributed by atoms with E-state index in [1.54, 1.807) is 0 Å². The van der Waals surface area contributed by atoms with Crippen molar-refractivity contribution in [2.24, 2.45) is 0 Å². The zero-order chi connectivity index (χ0) is 12.3. The molecule has 0 aliphatic heterocycles. The van der Waals surface area contributed by atoms with Crippen LogP contribution in [0.15, 0.2) is 23.8 Å². The van der Waals surface area contributed by atoms with Crippen LogP contribution >= 0.6 is 0 Å². The number of nitrogens with one attached hydrogen (secondary N) is 1. The van der Waals surface area contributed by atoms with Crippen molar-refractivity contribution in [1.82, 2.24) is 15.2 Å². The minimum Gasteiger partial charge on any atom is -0.346 e. The number of aromatic nitrogens is 3. The molecule has 0 spiro atoms. The van der Waals surface area contributed by atoms with Crippen LogP contribution in [0.25, 0.3) is 0 Å². The summed E-state index contributed by atoms with van der Waals surface area (Å²) in [5.74, 6) is 1.53. The van der Waals surface area contributed by atoms with Crippen LogP contribution < -0.4 is 9.80 Å². The molecule has 0 fully saturated rings. The van der Waals surface area contributed by atoms with Gasteiger partial charge in [-0.3, -0.25) is 0 Å². The number of hydrogen-bond donors (Lipinski definition) is 1. The first-order chi connectivity index (χ1) is 8.16. The lowest BCUT2D eigenvalue weighted by molar-refractivity contribution is 0.843. The van der Waals surface area contributed by atoms with Crippen molar-refractivity contribution in [2.45, 2.75) is 12.8 Å². The van der Waals surface area contributed by atoms with Crippen LogP contribution in [0, 0.1) is 0 Å². The largest absolute Gasteiger partial charge is 0.346 e. The normalized spacial score (nSPS) is 13.9. The van der Waals surface area contributed by atoms with E-state index >= 15 is 0 Å². The van der Waals surface area contributed by atoms with E-state index in [4.69, 9.17) is 0 Å². The van der Waals surface area contributed by atoms with Gasteiger partial charge >= 0.3 is 0 Å². The van der Waals surface area contributed by atoms with E-state index < -0.39 is 0 Å². The van der Waals surface area contributed by atoms with Gasteiger partial charge in [-0.05, 0) is 12.8 Å². The standard InChI is InChI=1S/C12H19N5/c1-16(2)11-13-12(15-14-11)17(3)9-8-10-6-4-5-7-10/h4,6-7H,5,8-9H2,1-3H3,(H,13,14,15). The van der Waals surface area contributed by atoms with Crippen LogP contribution in [-0.2, 0) is 0 Å². The summed E-state index contributed by atoms with van der Waals surface area (Å²) >= 11 is 0. The molecule has 0 atom stereocenters. The molecule has 0 radical (unpaired) electrons. The number of nitrogens with zero attached hydrogens (tertiary/aromatic N) is 4. The minimum absolute atomic E-state index is 0.715. The second-order valence-corrected chi connectivity index (χ2v) is 4.44. The van der Waals surface area contributed by atoms with Gasteiger partial charge in [-0.2, -0.15) is 4.98 Å².